The third-order valence-corrected chi connectivity index (χ3v) is 7.54. The summed E-state index contributed by atoms with van der Waals surface area (Å²) in [6, 6.07) is 15.7. The largest absolute Gasteiger partial charge is 0.454 e. The minimum Gasteiger partial charge on any atom is -0.454 e. The lowest BCUT2D eigenvalue weighted by Crippen LogP contribution is -2.23. The topological polar surface area (TPSA) is 61.2 Å². The highest BCUT2D eigenvalue weighted by Crippen LogP contribution is 2.32. The maximum atomic E-state index is 15.2. The van der Waals surface area contributed by atoms with Crippen LogP contribution in [0.1, 0.15) is 39.2 Å². The monoisotopic (exact) mass is 536 g/mol. The van der Waals surface area contributed by atoms with Crippen molar-refractivity contribution < 1.29 is 18.3 Å². The van der Waals surface area contributed by atoms with Gasteiger partial charge in [-0.25, -0.2) is 8.78 Å². The van der Waals surface area contributed by atoms with Crippen molar-refractivity contribution in [1.82, 2.24) is 9.55 Å². The number of ether oxygens (including phenoxy) is 1. The molecule has 0 unspecified atom stereocenters. The molecule has 0 fully saturated rings. The Morgan fingerprint density at radius 2 is 1.75 bits per heavy atom. The molecule has 2 aromatic heterocycles. The summed E-state index contributed by atoms with van der Waals surface area (Å²) in [6.45, 7) is 4.69. The zero-order valence-electron chi connectivity index (χ0n) is 22.1. The molecule has 0 radical (unpaired) electrons. The van der Waals surface area contributed by atoms with Gasteiger partial charge in [-0.05, 0) is 91.4 Å². The van der Waals surface area contributed by atoms with Gasteiger partial charge in [0.15, 0.2) is 22.8 Å². The molecule has 1 aliphatic heterocycles. The van der Waals surface area contributed by atoms with E-state index in [-0.39, 0.29) is 28.9 Å². The van der Waals surface area contributed by atoms with Gasteiger partial charge in [0.1, 0.15) is 11.6 Å². The molecule has 7 heteroatoms. The standard InChI is InChI=1S/C33H26F2N2O3/c1-19-14-24-27(15-20(19)2)36-12-11-30(24)40-31-10-5-21(16-26(31)35)17-29(38)32-28-4-3-13-37(28)18-25(33(32)39)22-6-8-23(34)9-7-22/h5-12,14-16,18H,3-4,13,17H2,1-2H3. The second-order valence-electron chi connectivity index (χ2n) is 10.2. The minimum absolute atomic E-state index is 0.0289. The molecule has 3 heterocycles. The Labute approximate surface area is 229 Å². The molecule has 0 saturated heterocycles. The van der Waals surface area contributed by atoms with Crippen LogP contribution in [-0.4, -0.2) is 15.3 Å². The number of hydrogen-bond acceptors (Lipinski definition) is 4. The summed E-state index contributed by atoms with van der Waals surface area (Å²) in [6.07, 6.45) is 4.65. The fourth-order valence-electron chi connectivity index (χ4n) is 5.31. The lowest BCUT2D eigenvalue weighted by atomic mass is 9.96. The Morgan fingerprint density at radius 1 is 0.975 bits per heavy atom. The molecule has 0 amide bonds. The van der Waals surface area contributed by atoms with Crippen LogP contribution in [-0.2, 0) is 19.4 Å². The van der Waals surface area contributed by atoms with Crippen molar-refractivity contribution in [3.05, 3.63) is 123 Å². The minimum atomic E-state index is -0.610. The number of aryl methyl sites for hydroxylation is 3. The van der Waals surface area contributed by atoms with Gasteiger partial charge in [0.25, 0.3) is 0 Å². The maximum Gasteiger partial charge on any atom is 0.200 e. The predicted molar refractivity (Wildman–Crippen MR) is 150 cm³/mol. The van der Waals surface area contributed by atoms with Crippen molar-refractivity contribution in [1.29, 1.82) is 0 Å². The fraction of sp³-hybridized carbons (Fsp3) is 0.182. The zero-order valence-corrected chi connectivity index (χ0v) is 22.1. The first kappa shape index (κ1) is 25.6. The fourth-order valence-corrected chi connectivity index (χ4v) is 5.31. The van der Waals surface area contributed by atoms with E-state index >= 15 is 4.39 Å². The van der Waals surface area contributed by atoms with Crippen molar-refractivity contribution in [2.24, 2.45) is 0 Å². The van der Waals surface area contributed by atoms with E-state index in [9.17, 15) is 14.0 Å². The predicted octanol–water partition coefficient (Wildman–Crippen LogP) is 7.12. The molecule has 0 atom stereocenters. The van der Waals surface area contributed by atoms with E-state index in [2.05, 4.69) is 4.98 Å². The number of fused-ring (bicyclic) bond motifs is 2. The number of rotatable bonds is 6. The molecule has 0 spiro atoms. The number of halogens is 2. The van der Waals surface area contributed by atoms with Crippen LogP contribution < -0.4 is 10.2 Å². The summed E-state index contributed by atoms with van der Waals surface area (Å²) < 4.78 is 36.5. The molecule has 0 N–H and O–H groups in total. The highest BCUT2D eigenvalue weighted by molar-refractivity contribution is 5.99. The number of Topliss-reactive ketones (excluding diaryl/α,β-unsaturated/α-hetero) is 1. The highest BCUT2D eigenvalue weighted by Gasteiger charge is 2.25. The van der Waals surface area contributed by atoms with Crippen LogP contribution in [0, 0.1) is 25.5 Å². The van der Waals surface area contributed by atoms with Gasteiger partial charge in [-0.1, -0.05) is 18.2 Å². The van der Waals surface area contributed by atoms with Gasteiger partial charge in [-0.15, -0.1) is 0 Å². The van der Waals surface area contributed by atoms with Gasteiger partial charge >= 0.3 is 0 Å². The average Bonchev–Trinajstić information content (AvgIpc) is 3.39. The Morgan fingerprint density at radius 3 is 2.52 bits per heavy atom. The molecule has 6 rings (SSSR count). The summed E-state index contributed by atoms with van der Waals surface area (Å²) in [5, 5.41) is 0.777. The quantitative estimate of drug-likeness (QED) is 0.217. The van der Waals surface area contributed by atoms with Crippen molar-refractivity contribution in [2.75, 3.05) is 0 Å². The Kier molecular flexibility index (Phi) is 6.50. The molecule has 0 bridgehead atoms. The van der Waals surface area contributed by atoms with Crippen LogP contribution in [0.15, 0.2) is 77.9 Å². The van der Waals surface area contributed by atoms with Crippen LogP contribution in [0.3, 0.4) is 0 Å². The molecular formula is C33H26F2N2O3. The Bertz CT molecular complexity index is 1860. The van der Waals surface area contributed by atoms with E-state index in [4.69, 9.17) is 4.74 Å². The Balaban J connectivity index is 1.29. The molecule has 40 heavy (non-hydrogen) atoms. The lowest BCUT2D eigenvalue weighted by Gasteiger charge is -2.14. The van der Waals surface area contributed by atoms with Crippen LogP contribution >= 0.6 is 0 Å². The van der Waals surface area contributed by atoms with Gasteiger partial charge in [-0.3, -0.25) is 14.6 Å². The highest BCUT2D eigenvalue weighted by atomic mass is 19.1. The lowest BCUT2D eigenvalue weighted by molar-refractivity contribution is 0.0990. The first-order valence-corrected chi connectivity index (χ1v) is 13.2. The van der Waals surface area contributed by atoms with Gasteiger partial charge < -0.3 is 9.30 Å². The number of nitrogens with zero attached hydrogens (tertiary/aromatic N) is 2. The third kappa shape index (κ3) is 4.68. The summed E-state index contributed by atoms with van der Waals surface area (Å²) in [4.78, 5) is 31.4. The molecule has 5 aromatic rings. The summed E-state index contributed by atoms with van der Waals surface area (Å²) in [7, 11) is 0. The molecule has 3 aromatic carbocycles. The average molecular weight is 537 g/mol. The van der Waals surface area contributed by atoms with Gasteiger partial charge in [-0.2, -0.15) is 0 Å². The van der Waals surface area contributed by atoms with E-state index in [0.29, 0.717) is 41.1 Å². The van der Waals surface area contributed by atoms with Crippen molar-refractivity contribution in [3.63, 3.8) is 0 Å². The molecular weight excluding hydrogens is 510 g/mol. The molecule has 1 aliphatic rings. The zero-order chi connectivity index (χ0) is 28.0. The van der Waals surface area contributed by atoms with E-state index in [0.717, 1.165) is 28.5 Å². The van der Waals surface area contributed by atoms with Crippen molar-refractivity contribution >= 4 is 16.7 Å². The van der Waals surface area contributed by atoms with Crippen molar-refractivity contribution in [2.45, 2.75) is 39.7 Å². The summed E-state index contributed by atoms with van der Waals surface area (Å²) in [5.41, 5.74) is 4.68. The van der Waals surface area contributed by atoms with Crippen molar-refractivity contribution in [3.8, 4) is 22.6 Å². The second-order valence-corrected chi connectivity index (χ2v) is 10.2. The second kappa shape index (κ2) is 10.2. The number of aromatic nitrogens is 2. The number of carbonyl (C=O) groups excluding carboxylic acids is 1. The summed E-state index contributed by atoms with van der Waals surface area (Å²) >= 11 is 0. The van der Waals surface area contributed by atoms with Gasteiger partial charge in [0, 0.05) is 42.0 Å². The van der Waals surface area contributed by atoms with E-state index in [1.807, 2.05) is 30.5 Å². The first-order chi connectivity index (χ1) is 19.3. The normalized spacial score (nSPS) is 12.5. The number of hydrogen-bond donors (Lipinski definition) is 0. The van der Waals surface area contributed by atoms with E-state index in [1.54, 1.807) is 24.5 Å². The maximum absolute atomic E-state index is 15.2. The number of carbonyl (C=O) groups is 1. The van der Waals surface area contributed by atoms with Crippen LogP contribution in [0.4, 0.5) is 8.78 Å². The third-order valence-electron chi connectivity index (χ3n) is 7.54. The van der Waals surface area contributed by atoms with Gasteiger partial charge in [0.2, 0.25) is 0 Å². The number of benzene rings is 3. The van der Waals surface area contributed by atoms with Gasteiger partial charge in [0.05, 0.1) is 11.1 Å². The van der Waals surface area contributed by atoms with Crippen LogP contribution in [0.5, 0.6) is 11.5 Å². The van der Waals surface area contributed by atoms with E-state index in [1.165, 1.54) is 36.4 Å². The molecule has 0 saturated carbocycles. The first-order valence-electron chi connectivity index (χ1n) is 13.2. The molecule has 200 valence electrons. The SMILES string of the molecule is Cc1cc2nccc(Oc3ccc(CC(=O)c4c5n(cc(-c6ccc(F)cc6)c4=O)CCC5)cc3F)c2cc1C. The van der Waals surface area contributed by atoms with Crippen LogP contribution in [0.2, 0.25) is 0 Å². The smallest absolute Gasteiger partial charge is 0.200 e. The number of pyridine rings is 2. The van der Waals surface area contributed by atoms with Crippen LogP contribution in [0.25, 0.3) is 22.0 Å². The number of ketones is 1. The van der Waals surface area contributed by atoms with E-state index < -0.39 is 11.6 Å². The summed E-state index contributed by atoms with van der Waals surface area (Å²) in [5.74, 6) is -0.879. The Hall–Kier alpha value is -4.65. The molecule has 5 nitrogen and oxygen atoms in total. The molecule has 0 aliphatic carbocycles.